The van der Waals surface area contributed by atoms with Crippen molar-refractivity contribution >= 4 is 60.4 Å². The number of anilines is 3. The summed E-state index contributed by atoms with van der Waals surface area (Å²) in [7, 11) is 0. The molecule has 0 saturated carbocycles. The summed E-state index contributed by atoms with van der Waals surface area (Å²) in [5.74, 6) is 0. The summed E-state index contributed by atoms with van der Waals surface area (Å²) in [6.07, 6.45) is 0. The van der Waals surface area contributed by atoms with Crippen LogP contribution in [0.25, 0.3) is 71.3 Å². The minimum Gasteiger partial charge on any atom is -0.310 e. The highest BCUT2D eigenvalue weighted by Crippen LogP contribution is 2.51. The predicted octanol–water partition coefficient (Wildman–Crippen LogP) is 13.8. The van der Waals surface area contributed by atoms with Crippen LogP contribution in [0, 0.1) is 6.92 Å². The molecule has 0 atom stereocenters. The molecule has 0 unspecified atom stereocenters. The Balaban J connectivity index is 1.10. The Hall–Kier alpha value is -6.12. The number of fused-ring (bicyclic) bond motifs is 9. The fourth-order valence-corrected chi connectivity index (χ4v) is 8.40. The zero-order valence-corrected chi connectivity index (χ0v) is 29.4. The lowest BCUT2D eigenvalue weighted by Gasteiger charge is -2.33. The van der Waals surface area contributed by atoms with Crippen LogP contribution in [-0.4, -0.2) is 4.57 Å². The maximum atomic E-state index is 2.45. The third-order valence-corrected chi connectivity index (χ3v) is 10.9. The molecule has 0 fully saturated rings. The van der Waals surface area contributed by atoms with Crippen LogP contribution < -0.4 is 4.90 Å². The van der Waals surface area contributed by atoms with Gasteiger partial charge in [-0.1, -0.05) is 106 Å². The van der Waals surface area contributed by atoms with Crippen molar-refractivity contribution in [3.8, 4) is 27.9 Å². The van der Waals surface area contributed by atoms with Gasteiger partial charge in [0, 0.05) is 33.5 Å². The molecule has 0 spiro atoms. The Labute approximate surface area is 298 Å². The first kappa shape index (κ1) is 29.8. The number of benzene rings is 8. The topological polar surface area (TPSA) is 8.17 Å². The van der Waals surface area contributed by atoms with Crippen molar-refractivity contribution in [2.45, 2.75) is 33.1 Å². The van der Waals surface area contributed by atoms with Crippen molar-refractivity contribution in [3.63, 3.8) is 0 Å². The Morgan fingerprint density at radius 1 is 0.451 bits per heavy atom. The van der Waals surface area contributed by atoms with Crippen molar-refractivity contribution in [1.29, 1.82) is 0 Å². The summed E-state index contributed by atoms with van der Waals surface area (Å²) in [6.45, 7) is 9.11. The lowest BCUT2D eigenvalue weighted by atomic mass is 9.78. The first-order valence-corrected chi connectivity index (χ1v) is 17.9. The normalized spacial score (nSPS) is 12.3. The van der Waals surface area contributed by atoms with Crippen LogP contribution in [0.4, 0.5) is 17.1 Å². The molecule has 2 nitrogen and oxygen atoms in total. The molecular weight excluding hydrogens is 617 g/mol. The molecule has 0 amide bonds. The molecule has 9 aromatic rings. The number of hydrogen-bond acceptors (Lipinski definition) is 1. The molecule has 10 rings (SSSR count). The number of aromatic nitrogens is 1. The quantitative estimate of drug-likeness (QED) is 0.183. The SMILES string of the molecule is Cc1ccccc1N(c1ccc2cc3c(cc2c1)-c1cc2cc(-n4c5ccccc5c5ccccc54)ccc2cc1-3)c1ccccc1C(C)(C)C. The number of rotatable bonds is 4. The van der Waals surface area contributed by atoms with Crippen LogP contribution in [0.5, 0.6) is 0 Å². The molecular formula is C49H38N2. The van der Waals surface area contributed by atoms with Crippen molar-refractivity contribution in [1.82, 2.24) is 4.57 Å². The number of nitrogens with zero attached hydrogens (tertiary/aromatic N) is 2. The van der Waals surface area contributed by atoms with E-state index in [1.54, 1.807) is 0 Å². The van der Waals surface area contributed by atoms with Crippen molar-refractivity contribution in [3.05, 3.63) is 169 Å². The first-order valence-electron chi connectivity index (χ1n) is 17.9. The van der Waals surface area contributed by atoms with Crippen molar-refractivity contribution in [2.24, 2.45) is 0 Å². The first-order chi connectivity index (χ1) is 24.8. The van der Waals surface area contributed by atoms with Gasteiger partial charge in [-0.05, 0) is 140 Å². The minimum atomic E-state index is -0.00875. The summed E-state index contributed by atoms with van der Waals surface area (Å²) in [5, 5.41) is 7.62. The second-order valence-corrected chi connectivity index (χ2v) is 15.1. The van der Waals surface area contributed by atoms with Crippen LogP contribution in [0.15, 0.2) is 158 Å². The Morgan fingerprint density at radius 2 is 0.961 bits per heavy atom. The average Bonchev–Trinajstić information content (AvgIpc) is 3.48. The van der Waals surface area contributed by atoms with Crippen LogP contribution in [0.2, 0.25) is 0 Å². The molecule has 1 heterocycles. The van der Waals surface area contributed by atoms with Gasteiger partial charge in [0.1, 0.15) is 0 Å². The highest BCUT2D eigenvalue weighted by Gasteiger charge is 2.26. The largest absolute Gasteiger partial charge is 0.310 e. The second kappa shape index (κ2) is 10.9. The molecule has 8 aromatic carbocycles. The second-order valence-electron chi connectivity index (χ2n) is 15.1. The van der Waals surface area contributed by atoms with Crippen LogP contribution in [0.1, 0.15) is 31.9 Å². The maximum absolute atomic E-state index is 2.45. The van der Waals surface area contributed by atoms with E-state index < -0.39 is 0 Å². The molecule has 1 aliphatic carbocycles. The summed E-state index contributed by atoms with van der Waals surface area (Å²) < 4.78 is 2.41. The summed E-state index contributed by atoms with van der Waals surface area (Å²) in [4.78, 5) is 2.45. The van der Waals surface area contributed by atoms with E-state index in [0.717, 1.165) is 0 Å². The molecule has 0 saturated heterocycles. The van der Waals surface area contributed by atoms with Crippen molar-refractivity contribution < 1.29 is 0 Å². The Bertz CT molecular complexity index is 2810. The number of para-hydroxylation sites is 4. The predicted molar refractivity (Wildman–Crippen MR) is 218 cm³/mol. The lowest BCUT2D eigenvalue weighted by molar-refractivity contribution is 0.591. The Morgan fingerprint density at radius 3 is 1.59 bits per heavy atom. The van der Waals surface area contributed by atoms with Gasteiger partial charge in [-0.25, -0.2) is 0 Å². The molecule has 1 aliphatic rings. The minimum absolute atomic E-state index is 0.00875. The molecule has 0 N–H and O–H groups in total. The molecule has 2 heteroatoms. The standard InChI is InChI=1S/C49H38N2/c1-31-13-5-9-17-45(31)50(48-20-12-8-16-44(48)49(2,3)4)36-23-21-32-27-40-41-28-33-22-24-37(26-35(33)30-43(41)42(40)29-34(32)25-36)51-46-18-10-6-14-38(46)39-15-7-11-19-47(39)51/h5-30H,1-4H3. The molecule has 0 bridgehead atoms. The summed E-state index contributed by atoms with van der Waals surface area (Å²) >= 11 is 0. The van der Waals surface area contributed by atoms with E-state index in [1.165, 1.54) is 99.5 Å². The van der Waals surface area contributed by atoms with Gasteiger partial charge in [-0.2, -0.15) is 0 Å². The summed E-state index contributed by atoms with van der Waals surface area (Å²) in [6, 6.07) is 58.5. The fourth-order valence-electron chi connectivity index (χ4n) is 8.40. The molecule has 0 aliphatic heterocycles. The van der Waals surface area contributed by atoms with E-state index >= 15 is 0 Å². The van der Waals surface area contributed by atoms with Gasteiger partial charge in [-0.3, -0.25) is 0 Å². The van der Waals surface area contributed by atoms with Gasteiger partial charge in [0.05, 0.1) is 11.0 Å². The smallest absolute Gasteiger partial charge is 0.0541 e. The van der Waals surface area contributed by atoms with Crippen LogP contribution in [0.3, 0.4) is 0 Å². The zero-order chi connectivity index (χ0) is 34.4. The molecule has 0 radical (unpaired) electrons. The van der Waals surface area contributed by atoms with Gasteiger partial charge < -0.3 is 9.47 Å². The van der Waals surface area contributed by atoms with Crippen LogP contribution >= 0.6 is 0 Å². The van der Waals surface area contributed by atoms with Gasteiger partial charge in [-0.15, -0.1) is 0 Å². The fraction of sp³-hybridized carbons (Fsp3) is 0.102. The van der Waals surface area contributed by atoms with E-state index in [-0.39, 0.29) is 5.41 Å². The van der Waals surface area contributed by atoms with Crippen LogP contribution in [-0.2, 0) is 5.41 Å². The van der Waals surface area contributed by atoms with E-state index in [9.17, 15) is 0 Å². The highest BCUT2D eigenvalue weighted by molar-refractivity contribution is 6.13. The zero-order valence-electron chi connectivity index (χ0n) is 29.4. The molecule has 51 heavy (non-hydrogen) atoms. The van der Waals surface area contributed by atoms with Gasteiger partial charge in [0.25, 0.3) is 0 Å². The van der Waals surface area contributed by atoms with E-state index in [4.69, 9.17) is 0 Å². The Kier molecular flexibility index (Phi) is 6.38. The molecule has 1 aromatic heterocycles. The van der Waals surface area contributed by atoms with E-state index in [2.05, 4.69) is 195 Å². The number of hydrogen-bond donors (Lipinski definition) is 0. The third-order valence-electron chi connectivity index (χ3n) is 10.9. The highest BCUT2D eigenvalue weighted by atomic mass is 15.1. The monoisotopic (exact) mass is 654 g/mol. The van der Waals surface area contributed by atoms with Gasteiger partial charge in [0.15, 0.2) is 0 Å². The maximum Gasteiger partial charge on any atom is 0.0541 e. The van der Waals surface area contributed by atoms with E-state index in [1.807, 2.05) is 0 Å². The van der Waals surface area contributed by atoms with Crippen molar-refractivity contribution in [2.75, 3.05) is 4.90 Å². The third kappa shape index (κ3) is 4.56. The lowest BCUT2D eigenvalue weighted by Crippen LogP contribution is -2.19. The number of aryl methyl sites for hydroxylation is 1. The van der Waals surface area contributed by atoms with E-state index in [0.29, 0.717) is 0 Å². The summed E-state index contributed by atoms with van der Waals surface area (Å²) in [5.41, 5.74) is 15.2. The van der Waals surface area contributed by atoms with Gasteiger partial charge in [0.2, 0.25) is 0 Å². The average molecular weight is 655 g/mol. The molecule has 244 valence electrons. The van der Waals surface area contributed by atoms with Gasteiger partial charge >= 0.3 is 0 Å².